The minimum atomic E-state index is -0.387. The molecule has 0 amide bonds. The summed E-state index contributed by atoms with van der Waals surface area (Å²) in [6.07, 6.45) is 0. The number of aryl methyl sites for hydroxylation is 1. The first-order valence-electron chi connectivity index (χ1n) is 6.18. The number of aromatic nitrogens is 2. The van der Waals surface area contributed by atoms with Gasteiger partial charge in [-0.3, -0.25) is 4.57 Å². The second kappa shape index (κ2) is 4.52. The lowest BCUT2D eigenvalue weighted by molar-refractivity contribution is 0.386. The van der Waals surface area contributed by atoms with Crippen LogP contribution in [0.4, 0.5) is 10.1 Å². The number of rotatable bonds is 2. The molecule has 5 heteroatoms. The van der Waals surface area contributed by atoms with Gasteiger partial charge in [-0.05, 0) is 37.3 Å². The van der Waals surface area contributed by atoms with Crippen molar-refractivity contribution in [3.8, 4) is 11.4 Å². The van der Waals surface area contributed by atoms with Crippen LogP contribution in [0.1, 0.15) is 5.82 Å². The molecule has 1 aromatic heterocycles. The molecule has 0 aliphatic rings. The monoisotopic (exact) mass is 271 g/mol. The Morgan fingerprint density at radius 1 is 1.20 bits per heavy atom. The number of anilines is 1. The third-order valence-corrected chi connectivity index (χ3v) is 3.24. The van der Waals surface area contributed by atoms with E-state index in [1.165, 1.54) is 13.2 Å². The normalized spacial score (nSPS) is 10.9. The van der Waals surface area contributed by atoms with Gasteiger partial charge in [0, 0.05) is 11.8 Å². The topological polar surface area (TPSA) is 53.1 Å². The van der Waals surface area contributed by atoms with Crippen molar-refractivity contribution in [2.24, 2.45) is 0 Å². The number of nitrogen functional groups attached to an aromatic ring is 1. The maximum atomic E-state index is 13.5. The summed E-state index contributed by atoms with van der Waals surface area (Å²) in [6, 6.07) is 10.3. The lowest BCUT2D eigenvalue weighted by Gasteiger charge is -2.09. The Morgan fingerprint density at radius 2 is 2.00 bits per heavy atom. The van der Waals surface area contributed by atoms with E-state index in [1.54, 1.807) is 12.1 Å². The molecule has 4 nitrogen and oxygen atoms in total. The molecule has 0 aliphatic heterocycles. The molecule has 0 radical (unpaired) electrons. The molecule has 2 aromatic carbocycles. The van der Waals surface area contributed by atoms with E-state index in [-0.39, 0.29) is 11.6 Å². The number of ether oxygens (including phenoxy) is 1. The molecular formula is C15H14FN3O. The van der Waals surface area contributed by atoms with Gasteiger partial charge in [-0.2, -0.15) is 0 Å². The zero-order chi connectivity index (χ0) is 14.3. The van der Waals surface area contributed by atoms with Crippen LogP contribution in [0.15, 0.2) is 36.4 Å². The van der Waals surface area contributed by atoms with Gasteiger partial charge in [0.1, 0.15) is 5.82 Å². The molecule has 2 N–H and O–H groups in total. The van der Waals surface area contributed by atoms with Crippen molar-refractivity contribution in [1.82, 2.24) is 9.55 Å². The minimum Gasteiger partial charge on any atom is -0.494 e. The average Bonchev–Trinajstić information content (AvgIpc) is 2.74. The van der Waals surface area contributed by atoms with E-state index in [1.807, 2.05) is 29.7 Å². The fourth-order valence-electron chi connectivity index (χ4n) is 2.33. The Hall–Kier alpha value is -2.56. The molecule has 20 heavy (non-hydrogen) atoms. The summed E-state index contributed by atoms with van der Waals surface area (Å²) in [4.78, 5) is 4.48. The molecule has 102 valence electrons. The van der Waals surface area contributed by atoms with E-state index < -0.39 is 0 Å². The molecule has 0 aliphatic carbocycles. The zero-order valence-corrected chi connectivity index (χ0v) is 11.2. The number of nitrogens with zero attached hydrogens (tertiary/aromatic N) is 2. The molecule has 0 saturated carbocycles. The van der Waals surface area contributed by atoms with E-state index in [9.17, 15) is 4.39 Å². The molecule has 0 fully saturated rings. The van der Waals surface area contributed by atoms with Crippen molar-refractivity contribution in [3.05, 3.63) is 48.0 Å². The minimum absolute atomic E-state index is 0.208. The van der Waals surface area contributed by atoms with Gasteiger partial charge in [-0.15, -0.1) is 0 Å². The number of halogens is 1. The van der Waals surface area contributed by atoms with Crippen molar-refractivity contribution in [3.63, 3.8) is 0 Å². The van der Waals surface area contributed by atoms with Gasteiger partial charge < -0.3 is 10.5 Å². The summed E-state index contributed by atoms with van der Waals surface area (Å²) in [5.41, 5.74) is 8.97. The molecular weight excluding hydrogens is 257 g/mol. The van der Waals surface area contributed by atoms with E-state index >= 15 is 0 Å². The van der Waals surface area contributed by atoms with E-state index in [4.69, 9.17) is 10.5 Å². The number of fused-ring (bicyclic) bond motifs is 1. The Kier molecular flexibility index (Phi) is 2.82. The van der Waals surface area contributed by atoms with Crippen LogP contribution in [0.2, 0.25) is 0 Å². The predicted molar refractivity (Wildman–Crippen MR) is 76.7 cm³/mol. The van der Waals surface area contributed by atoms with E-state index in [0.29, 0.717) is 5.69 Å². The van der Waals surface area contributed by atoms with Crippen molar-refractivity contribution >= 4 is 16.7 Å². The Morgan fingerprint density at radius 3 is 2.75 bits per heavy atom. The van der Waals surface area contributed by atoms with Crippen LogP contribution in [-0.2, 0) is 0 Å². The summed E-state index contributed by atoms with van der Waals surface area (Å²) in [5, 5.41) is 0. The van der Waals surface area contributed by atoms with Gasteiger partial charge in [0.05, 0.1) is 23.8 Å². The zero-order valence-electron chi connectivity index (χ0n) is 11.2. The maximum absolute atomic E-state index is 13.5. The third kappa shape index (κ3) is 1.87. The Balaban J connectivity index is 2.26. The first-order chi connectivity index (χ1) is 9.60. The smallest absolute Gasteiger partial charge is 0.165 e. The highest BCUT2D eigenvalue weighted by Crippen LogP contribution is 2.26. The van der Waals surface area contributed by atoms with Gasteiger partial charge in [-0.1, -0.05) is 0 Å². The number of hydrogen-bond donors (Lipinski definition) is 1. The number of nitrogens with two attached hydrogens (primary N) is 1. The molecule has 0 saturated heterocycles. The molecule has 1 heterocycles. The van der Waals surface area contributed by atoms with Crippen molar-refractivity contribution in [2.75, 3.05) is 12.8 Å². The fraction of sp³-hybridized carbons (Fsp3) is 0.133. The summed E-state index contributed by atoms with van der Waals surface area (Å²) in [6.45, 7) is 1.89. The predicted octanol–water partition coefficient (Wildman–Crippen LogP) is 3.06. The van der Waals surface area contributed by atoms with Crippen LogP contribution in [0.5, 0.6) is 5.75 Å². The number of benzene rings is 2. The molecule has 0 bridgehead atoms. The molecule has 0 unspecified atom stereocenters. The van der Waals surface area contributed by atoms with Crippen LogP contribution >= 0.6 is 0 Å². The fourth-order valence-corrected chi connectivity index (χ4v) is 2.33. The van der Waals surface area contributed by atoms with Gasteiger partial charge >= 0.3 is 0 Å². The van der Waals surface area contributed by atoms with E-state index in [0.717, 1.165) is 22.5 Å². The van der Waals surface area contributed by atoms with Gasteiger partial charge in [-0.25, -0.2) is 9.37 Å². The highest BCUT2D eigenvalue weighted by atomic mass is 19.1. The van der Waals surface area contributed by atoms with Crippen LogP contribution in [0.25, 0.3) is 16.7 Å². The van der Waals surface area contributed by atoms with Gasteiger partial charge in [0.2, 0.25) is 0 Å². The first kappa shape index (κ1) is 12.5. The molecule has 3 rings (SSSR count). The lowest BCUT2D eigenvalue weighted by atomic mass is 10.2. The largest absolute Gasteiger partial charge is 0.494 e. The summed E-state index contributed by atoms with van der Waals surface area (Å²) in [7, 11) is 1.45. The average molecular weight is 271 g/mol. The molecule has 0 atom stereocenters. The summed E-state index contributed by atoms with van der Waals surface area (Å²) >= 11 is 0. The van der Waals surface area contributed by atoms with Crippen molar-refractivity contribution in [1.29, 1.82) is 0 Å². The highest BCUT2D eigenvalue weighted by molar-refractivity contribution is 5.81. The first-order valence-corrected chi connectivity index (χ1v) is 6.18. The van der Waals surface area contributed by atoms with Crippen molar-refractivity contribution in [2.45, 2.75) is 6.92 Å². The quantitative estimate of drug-likeness (QED) is 0.729. The van der Waals surface area contributed by atoms with Crippen molar-refractivity contribution < 1.29 is 9.13 Å². The maximum Gasteiger partial charge on any atom is 0.165 e. The number of imidazole rings is 1. The van der Waals surface area contributed by atoms with Crippen LogP contribution < -0.4 is 10.5 Å². The van der Waals surface area contributed by atoms with E-state index in [2.05, 4.69) is 4.98 Å². The highest BCUT2D eigenvalue weighted by Gasteiger charge is 2.11. The summed E-state index contributed by atoms with van der Waals surface area (Å²) in [5.74, 6) is 0.626. The van der Waals surface area contributed by atoms with Gasteiger partial charge in [0.25, 0.3) is 0 Å². The summed E-state index contributed by atoms with van der Waals surface area (Å²) < 4.78 is 20.5. The second-order valence-electron chi connectivity index (χ2n) is 4.56. The molecule has 0 spiro atoms. The SMILES string of the molecule is COc1cc(-n2c(C)nc3cc(N)ccc32)ccc1F. The Labute approximate surface area is 115 Å². The second-order valence-corrected chi connectivity index (χ2v) is 4.56. The number of methoxy groups -OCH3 is 1. The van der Waals surface area contributed by atoms with Gasteiger partial charge in [0.15, 0.2) is 11.6 Å². The third-order valence-electron chi connectivity index (χ3n) is 3.24. The van der Waals surface area contributed by atoms with Crippen LogP contribution in [0.3, 0.4) is 0 Å². The lowest BCUT2D eigenvalue weighted by Crippen LogP contribution is -1.98. The van der Waals surface area contributed by atoms with Crippen LogP contribution in [-0.4, -0.2) is 16.7 Å². The Bertz CT molecular complexity index is 795. The standard InChI is InChI=1S/C15H14FN3O/c1-9-18-13-7-10(17)3-6-14(13)19(9)11-4-5-12(16)15(8-11)20-2/h3-8H,17H2,1-2H3. The molecule has 3 aromatic rings. The van der Waals surface area contributed by atoms with Crippen LogP contribution in [0, 0.1) is 12.7 Å². The number of hydrogen-bond acceptors (Lipinski definition) is 3.